The van der Waals surface area contributed by atoms with E-state index in [-0.39, 0.29) is 11.7 Å². The van der Waals surface area contributed by atoms with E-state index in [1.54, 1.807) is 47.7 Å². The molecule has 2 aromatic heterocycles. The fraction of sp³-hybridized carbons (Fsp3) is 0.167. The summed E-state index contributed by atoms with van der Waals surface area (Å²) in [7, 11) is 3.65. The van der Waals surface area contributed by atoms with E-state index in [0.29, 0.717) is 5.82 Å². The molecule has 0 aliphatic rings. The van der Waals surface area contributed by atoms with Gasteiger partial charge in [-0.05, 0) is 23.8 Å². The van der Waals surface area contributed by atoms with Gasteiger partial charge in [0, 0.05) is 44.3 Å². The van der Waals surface area contributed by atoms with Crippen LogP contribution in [-0.2, 0) is 18.9 Å². The van der Waals surface area contributed by atoms with Gasteiger partial charge in [-0.3, -0.25) is 9.48 Å². The van der Waals surface area contributed by atoms with E-state index in [0.717, 1.165) is 11.1 Å². The number of rotatable bonds is 5. The van der Waals surface area contributed by atoms with Crippen molar-refractivity contribution < 1.29 is 9.18 Å². The van der Waals surface area contributed by atoms with E-state index < -0.39 is 6.04 Å². The topological polar surface area (TPSA) is 64.7 Å². The Bertz CT molecular complexity index is 894. The van der Waals surface area contributed by atoms with Crippen molar-refractivity contribution in [3.05, 3.63) is 77.9 Å². The molecule has 1 amide bonds. The fourth-order valence-electron chi connectivity index (χ4n) is 2.50. The first-order valence-corrected chi connectivity index (χ1v) is 7.73. The summed E-state index contributed by atoms with van der Waals surface area (Å²) in [5, 5.41) is 6.96. The zero-order valence-corrected chi connectivity index (χ0v) is 13.9. The lowest BCUT2D eigenvalue weighted by molar-refractivity contribution is -0.117. The second-order valence-electron chi connectivity index (χ2n) is 5.67. The lowest BCUT2D eigenvalue weighted by Crippen LogP contribution is -2.29. The number of nitrogens with one attached hydrogen (secondary N) is 1. The average Bonchev–Trinajstić information content (AvgIpc) is 3.20. The summed E-state index contributed by atoms with van der Waals surface area (Å²) in [5.74, 6) is 0.0565. The summed E-state index contributed by atoms with van der Waals surface area (Å²) in [4.78, 5) is 16.7. The Morgan fingerprint density at radius 2 is 2.04 bits per heavy atom. The van der Waals surface area contributed by atoms with Crippen molar-refractivity contribution in [2.75, 3.05) is 0 Å². The number of imidazole rings is 1. The molecule has 3 aromatic rings. The van der Waals surface area contributed by atoms with E-state index >= 15 is 0 Å². The molecular weight excluding hydrogens is 321 g/mol. The number of halogens is 1. The molecule has 0 unspecified atom stereocenters. The third-order valence-corrected chi connectivity index (χ3v) is 3.76. The Balaban J connectivity index is 1.82. The Hall–Kier alpha value is -3.22. The highest BCUT2D eigenvalue weighted by Crippen LogP contribution is 2.20. The van der Waals surface area contributed by atoms with Crippen LogP contribution in [0.5, 0.6) is 0 Å². The quantitative estimate of drug-likeness (QED) is 0.725. The Morgan fingerprint density at radius 3 is 2.64 bits per heavy atom. The molecule has 3 rings (SSSR count). The minimum absolute atomic E-state index is 0.277. The van der Waals surface area contributed by atoms with Gasteiger partial charge < -0.3 is 9.88 Å². The lowest BCUT2D eigenvalue weighted by atomic mass is 10.1. The maximum Gasteiger partial charge on any atom is 0.244 e. The number of carbonyl (C=O) groups excluding carboxylic acids is 1. The van der Waals surface area contributed by atoms with Crippen LogP contribution >= 0.6 is 0 Å². The third kappa shape index (κ3) is 4.00. The molecule has 0 aliphatic heterocycles. The second kappa shape index (κ2) is 7.12. The first-order chi connectivity index (χ1) is 12.0. The minimum atomic E-state index is -0.480. The molecule has 1 atom stereocenters. The highest BCUT2D eigenvalue weighted by Gasteiger charge is 2.19. The maximum absolute atomic E-state index is 13.2. The maximum atomic E-state index is 13.2. The molecule has 0 saturated carbocycles. The zero-order valence-electron chi connectivity index (χ0n) is 13.9. The van der Waals surface area contributed by atoms with Crippen LogP contribution < -0.4 is 5.32 Å². The van der Waals surface area contributed by atoms with Crippen LogP contribution in [0, 0.1) is 5.82 Å². The number of aryl methyl sites for hydroxylation is 2. The summed E-state index contributed by atoms with van der Waals surface area (Å²) in [6.45, 7) is 0. The minimum Gasteiger partial charge on any atom is -0.339 e. The number of hydrogen-bond donors (Lipinski definition) is 1. The van der Waals surface area contributed by atoms with E-state index in [9.17, 15) is 9.18 Å². The van der Waals surface area contributed by atoms with Crippen molar-refractivity contribution in [2.24, 2.45) is 14.1 Å². The van der Waals surface area contributed by atoms with Crippen LogP contribution in [0.1, 0.15) is 23.0 Å². The molecule has 0 saturated heterocycles. The zero-order chi connectivity index (χ0) is 17.8. The SMILES string of the molecule is Cn1cc(/C=C/C(=O)N[C@H](c2ccc(F)cc2)c2nccn2C)cn1. The van der Waals surface area contributed by atoms with Gasteiger partial charge >= 0.3 is 0 Å². The first-order valence-electron chi connectivity index (χ1n) is 7.73. The summed E-state index contributed by atoms with van der Waals surface area (Å²) in [6.07, 6.45) is 10.0. The molecule has 7 heteroatoms. The summed E-state index contributed by atoms with van der Waals surface area (Å²) in [5.41, 5.74) is 1.58. The van der Waals surface area contributed by atoms with Crippen molar-refractivity contribution in [3.63, 3.8) is 0 Å². The molecule has 128 valence electrons. The number of nitrogens with zero attached hydrogens (tertiary/aromatic N) is 4. The number of aromatic nitrogens is 4. The van der Waals surface area contributed by atoms with Crippen molar-refractivity contribution in [3.8, 4) is 0 Å². The average molecular weight is 339 g/mol. The van der Waals surface area contributed by atoms with Crippen LogP contribution in [-0.4, -0.2) is 25.2 Å². The summed E-state index contributed by atoms with van der Waals surface area (Å²) < 4.78 is 16.7. The van der Waals surface area contributed by atoms with Gasteiger partial charge in [-0.15, -0.1) is 0 Å². The smallest absolute Gasteiger partial charge is 0.244 e. The van der Waals surface area contributed by atoms with E-state index in [1.807, 2.05) is 18.7 Å². The summed E-state index contributed by atoms with van der Waals surface area (Å²) in [6, 6.07) is 5.53. The van der Waals surface area contributed by atoms with Gasteiger partial charge in [-0.25, -0.2) is 9.37 Å². The molecule has 2 heterocycles. The van der Waals surface area contributed by atoms with Crippen LogP contribution in [0.15, 0.2) is 55.1 Å². The predicted molar refractivity (Wildman–Crippen MR) is 91.8 cm³/mol. The molecule has 1 N–H and O–H groups in total. The normalized spacial score (nSPS) is 12.4. The van der Waals surface area contributed by atoms with Crippen molar-refractivity contribution in [1.82, 2.24) is 24.6 Å². The molecule has 0 aliphatic carbocycles. The van der Waals surface area contributed by atoms with E-state index in [1.165, 1.54) is 18.2 Å². The van der Waals surface area contributed by atoms with Gasteiger partial charge in [0.1, 0.15) is 17.7 Å². The van der Waals surface area contributed by atoms with Crippen molar-refractivity contribution in [1.29, 1.82) is 0 Å². The van der Waals surface area contributed by atoms with Crippen LogP contribution in [0.2, 0.25) is 0 Å². The monoisotopic (exact) mass is 339 g/mol. The molecule has 0 bridgehead atoms. The third-order valence-electron chi connectivity index (χ3n) is 3.76. The predicted octanol–water partition coefficient (Wildman–Crippen LogP) is 2.21. The standard InChI is InChI=1S/C18H18FN5O/c1-23-10-9-20-18(23)17(14-4-6-15(19)7-5-14)22-16(25)8-3-13-11-21-24(2)12-13/h3-12,17H,1-2H3,(H,22,25)/b8-3+/t17-/m1/s1. The fourth-order valence-corrected chi connectivity index (χ4v) is 2.50. The number of hydrogen-bond acceptors (Lipinski definition) is 3. The molecule has 6 nitrogen and oxygen atoms in total. The Kier molecular flexibility index (Phi) is 4.74. The number of benzene rings is 1. The Labute approximate surface area is 144 Å². The number of carbonyl (C=O) groups is 1. The largest absolute Gasteiger partial charge is 0.339 e. The van der Waals surface area contributed by atoms with Crippen LogP contribution in [0.25, 0.3) is 6.08 Å². The van der Waals surface area contributed by atoms with E-state index in [4.69, 9.17) is 0 Å². The summed E-state index contributed by atoms with van der Waals surface area (Å²) >= 11 is 0. The molecule has 0 spiro atoms. The highest BCUT2D eigenvalue weighted by atomic mass is 19.1. The van der Waals surface area contributed by atoms with Crippen molar-refractivity contribution in [2.45, 2.75) is 6.04 Å². The number of amides is 1. The molecule has 0 radical (unpaired) electrons. The van der Waals surface area contributed by atoms with Gasteiger partial charge in [0.15, 0.2) is 0 Å². The second-order valence-corrected chi connectivity index (χ2v) is 5.67. The molecular formula is C18H18FN5O. The van der Waals surface area contributed by atoms with Gasteiger partial charge in [-0.1, -0.05) is 12.1 Å². The lowest BCUT2D eigenvalue weighted by Gasteiger charge is -2.18. The molecule has 0 fully saturated rings. The molecule has 25 heavy (non-hydrogen) atoms. The van der Waals surface area contributed by atoms with Crippen molar-refractivity contribution >= 4 is 12.0 Å². The van der Waals surface area contributed by atoms with Gasteiger partial charge in [-0.2, -0.15) is 5.10 Å². The van der Waals surface area contributed by atoms with Gasteiger partial charge in [0.05, 0.1) is 6.20 Å². The Morgan fingerprint density at radius 1 is 1.28 bits per heavy atom. The van der Waals surface area contributed by atoms with Crippen LogP contribution in [0.3, 0.4) is 0 Å². The van der Waals surface area contributed by atoms with Gasteiger partial charge in [0.25, 0.3) is 0 Å². The van der Waals surface area contributed by atoms with Gasteiger partial charge in [0.2, 0.25) is 5.91 Å². The van der Waals surface area contributed by atoms with E-state index in [2.05, 4.69) is 15.4 Å². The highest BCUT2D eigenvalue weighted by molar-refractivity contribution is 5.92. The van der Waals surface area contributed by atoms with Crippen LogP contribution in [0.4, 0.5) is 4.39 Å². The first kappa shape index (κ1) is 16.6. The molecule has 1 aromatic carbocycles.